The van der Waals surface area contributed by atoms with Gasteiger partial charge in [0, 0.05) is 11.1 Å². The third kappa shape index (κ3) is 1.33. The molecule has 0 saturated carbocycles. The molecule has 3 rings (SSSR count). The number of carboxylic acids is 1. The Balaban J connectivity index is 2.10. The Morgan fingerprint density at radius 2 is 2.22 bits per heavy atom. The zero-order valence-corrected chi connectivity index (χ0v) is 10.2. The zero-order valence-electron chi connectivity index (χ0n) is 9.37. The van der Waals surface area contributed by atoms with Gasteiger partial charge in [-0.1, -0.05) is 18.2 Å². The largest absolute Gasteiger partial charge is 0.481 e. The van der Waals surface area contributed by atoms with Gasteiger partial charge >= 0.3 is 5.97 Å². The van der Waals surface area contributed by atoms with Crippen molar-refractivity contribution in [3.63, 3.8) is 0 Å². The van der Waals surface area contributed by atoms with E-state index in [-0.39, 0.29) is 12.3 Å². The van der Waals surface area contributed by atoms with Crippen molar-refractivity contribution in [1.29, 1.82) is 0 Å². The summed E-state index contributed by atoms with van der Waals surface area (Å²) in [6, 6.07) is 6.83. The number of nitrogens with zero attached hydrogens (tertiary/aromatic N) is 1. The molecule has 18 heavy (non-hydrogen) atoms. The SMILES string of the molecule is O=C(O)C[C@H]1SCN2C(=O)c3ccccc3[C@]12O. The molecule has 2 N–H and O–H groups in total. The monoisotopic (exact) mass is 265 g/mol. The van der Waals surface area contributed by atoms with Crippen molar-refractivity contribution in [3.05, 3.63) is 35.4 Å². The first-order valence-electron chi connectivity index (χ1n) is 5.52. The molecule has 1 amide bonds. The minimum Gasteiger partial charge on any atom is -0.481 e. The molecular weight excluding hydrogens is 254 g/mol. The van der Waals surface area contributed by atoms with Crippen LogP contribution in [0.25, 0.3) is 0 Å². The number of benzene rings is 1. The molecule has 0 aromatic heterocycles. The summed E-state index contributed by atoms with van der Waals surface area (Å²) in [6.07, 6.45) is -0.167. The lowest BCUT2D eigenvalue weighted by Gasteiger charge is -2.30. The summed E-state index contributed by atoms with van der Waals surface area (Å²) in [5.41, 5.74) is -0.488. The van der Waals surface area contributed by atoms with E-state index in [4.69, 9.17) is 5.11 Å². The Bertz CT molecular complexity index is 547. The predicted octanol–water partition coefficient (Wildman–Crippen LogP) is 0.835. The number of hydrogen-bond acceptors (Lipinski definition) is 4. The number of hydrogen-bond donors (Lipinski definition) is 2. The summed E-state index contributed by atoms with van der Waals surface area (Å²) in [6.45, 7) is 0. The van der Waals surface area contributed by atoms with Gasteiger partial charge < -0.3 is 10.2 Å². The zero-order chi connectivity index (χ0) is 12.9. The van der Waals surface area contributed by atoms with Crippen molar-refractivity contribution in [2.45, 2.75) is 17.4 Å². The van der Waals surface area contributed by atoms with Crippen LogP contribution in [0, 0.1) is 0 Å². The van der Waals surface area contributed by atoms with Crippen molar-refractivity contribution in [1.82, 2.24) is 4.90 Å². The summed E-state index contributed by atoms with van der Waals surface area (Å²) >= 11 is 1.30. The van der Waals surface area contributed by atoms with Crippen LogP contribution in [-0.2, 0) is 10.5 Å². The van der Waals surface area contributed by atoms with Crippen LogP contribution in [0.4, 0.5) is 0 Å². The smallest absolute Gasteiger partial charge is 0.304 e. The van der Waals surface area contributed by atoms with Crippen LogP contribution in [0.5, 0.6) is 0 Å². The molecule has 2 heterocycles. The molecule has 1 aromatic rings. The molecule has 1 fully saturated rings. The second-order valence-electron chi connectivity index (χ2n) is 4.39. The van der Waals surface area contributed by atoms with Gasteiger partial charge in [-0.25, -0.2) is 0 Å². The summed E-state index contributed by atoms with van der Waals surface area (Å²) in [5, 5.41) is 19.2. The molecular formula is C12H11NO4S. The van der Waals surface area contributed by atoms with Crippen molar-refractivity contribution >= 4 is 23.6 Å². The van der Waals surface area contributed by atoms with E-state index in [1.165, 1.54) is 16.7 Å². The van der Waals surface area contributed by atoms with Gasteiger partial charge in [-0.05, 0) is 6.07 Å². The molecule has 5 nitrogen and oxygen atoms in total. The number of aliphatic hydroxyl groups is 1. The van der Waals surface area contributed by atoms with E-state index in [1.54, 1.807) is 24.3 Å². The lowest BCUT2D eigenvalue weighted by atomic mass is 9.96. The Morgan fingerprint density at radius 1 is 1.50 bits per heavy atom. The van der Waals surface area contributed by atoms with Gasteiger partial charge in [0.05, 0.1) is 17.5 Å². The standard InChI is InChI=1S/C12H11NO4S/c14-10(15)5-9-12(17)8-4-2-1-3-7(8)11(16)13(12)6-18-9/h1-4,9,17H,5-6H2,(H,14,15)/t9-,12+/m1/s1. The minimum atomic E-state index is -1.48. The molecule has 1 aromatic carbocycles. The van der Waals surface area contributed by atoms with Gasteiger partial charge in [-0.2, -0.15) is 0 Å². The number of carbonyl (C=O) groups is 2. The summed E-state index contributed by atoms with van der Waals surface area (Å²) < 4.78 is 0. The second kappa shape index (κ2) is 3.73. The fourth-order valence-corrected chi connectivity index (χ4v) is 3.97. The number of carbonyl (C=O) groups excluding carboxylic acids is 1. The van der Waals surface area contributed by atoms with Gasteiger partial charge in [0.1, 0.15) is 0 Å². The quantitative estimate of drug-likeness (QED) is 0.828. The highest BCUT2D eigenvalue weighted by atomic mass is 32.2. The molecule has 2 aliphatic rings. The molecule has 6 heteroatoms. The lowest BCUT2D eigenvalue weighted by molar-refractivity contribution is -0.140. The van der Waals surface area contributed by atoms with Gasteiger partial charge in [0.2, 0.25) is 0 Å². The van der Waals surface area contributed by atoms with Crippen molar-refractivity contribution < 1.29 is 19.8 Å². The summed E-state index contributed by atoms with van der Waals surface area (Å²) in [5.74, 6) is -0.879. The van der Waals surface area contributed by atoms with E-state index in [1.807, 2.05) is 0 Å². The summed E-state index contributed by atoms with van der Waals surface area (Å²) in [7, 11) is 0. The summed E-state index contributed by atoms with van der Waals surface area (Å²) in [4.78, 5) is 24.3. The van der Waals surface area contributed by atoms with Crippen molar-refractivity contribution in [2.24, 2.45) is 0 Å². The van der Waals surface area contributed by atoms with Gasteiger partial charge in [-0.3, -0.25) is 14.5 Å². The van der Waals surface area contributed by atoms with Gasteiger partial charge in [0.15, 0.2) is 5.72 Å². The molecule has 2 aliphatic heterocycles. The Labute approximate surface area is 107 Å². The maximum Gasteiger partial charge on any atom is 0.304 e. The molecule has 0 bridgehead atoms. The number of fused-ring (bicyclic) bond motifs is 3. The lowest BCUT2D eigenvalue weighted by Crippen LogP contribution is -2.45. The highest BCUT2D eigenvalue weighted by Gasteiger charge is 2.57. The van der Waals surface area contributed by atoms with E-state index in [0.29, 0.717) is 17.0 Å². The number of thioether (sulfide) groups is 1. The molecule has 0 spiro atoms. The Hall–Kier alpha value is -1.53. The number of rotatable bonds is 2. The van der Waals surface area contributed by atoms with Crippen molar-refractivity contribution in [2.75, 3.05) is 5.88 Å². The second-order valence-corrected chi connectivity index (χ2v) is 5.55. The number of amides is 1. The van der Waals surface area contributed by atoms with Gasteiger partial charge in [-0.15, -0.1) is 11.8 Å². The molecule has 0 unspecified atom stereocenters. The molecule has 0 radical (unpaired) electrons. The first-order valence-corrected chi connectivity index (χ1v) is 6.57. The Kier molecular flexibility index (Phi) is 2.39. The highest BCUT2D eigenvalue weighted by molar-refractivity contribution is 8.00. The van der Waals surface area contributed by atoms with E-state index >= 15 is 0 Å². The van der Waals surface area contributed by atoms with Crippen LogP contribution in [0.15, 0.2) is 24.3 Å². The fourth-order valence-electron chi connectivity index (χ4n) is 2.58. The van der Waals surface area contributed by atoms with Gasteiger partial charge in [0.25, 0.3) is 5.91 Å². The van der Waals surface area contributed by atoms with Crippen LogP contribution >= 0.6 is 11.8 Å². The molecule has 0 aliphatic carbocycles. The average Bonchev–Trinajstić information content (AvgIpc) is 2.76. The Morgan fingerprint density at radius 3 is 2.94 bits per heavy atom. The molecule has 94 valence electrons. The predicted molar refractivity (Wildman–Crippen MR) is 65.0 cm³/mol. The fraction of sp³-hybridized carbons (Fsp3) is 0.333. The first-order chi connectivity index (χ1) is 8.55. The maximum absolute atomic E-state index is 12.1. The van der Waals surface area contributed by atoms with E-state index in [0.717, 1.165) is 0 Å². The first kappa shape index (κ1) is 11.6. The number of carboxylic acid groups (broad SMARTS) is 1. The third-order valence-electron chi connectivity index (χ3n) is 3.42. The van der Waals surface area contributed by atoms with Crippen LogP contribution < -0.4 is 0 Å². The average molecular weight is 265 g/mol. The van der Waals surface area contributed by atoms with Crippen LogP contribution in [-0.4, -0.2) is 38.1 Å². The third-order valence-corrected chi connectivity index (χ3v) is 4.73. The van der Waals surface area contributed by atoms with E-state index in [2.05, 4.69) is 0 Å². The normalized spacial score (nSPS) is 29.3. The molecule has 2 atom stereocenters. The van der Waals surface area contributed by atoms with E-state index < -0.39 is 16.9 Å². The topological polar surface area (TPSA) is 77.8 Å². The molecule has 1 saturated heterocycles. The van der Waals surface area contributed by atoms with E-state index in [9.17, 15) is 14.7 Å². The minimum absolute atomic E-state index is 0.167. The van der Waals surface area contributed by atoms with Crippen LogP contribution in [0.3, 0.4) is 0 Å². The maximum atomic E-state index is 12.1. The van der Waals surface area contributed by atoms with Crippen LogP contribution in [0.2, 0.25) is 0 Å². The highest BCUT2D eigenvalue weighted by Crippen LogP contribution is 2.50. The van der Waals surface area contributed by atoms with Crippen molar-refractivity contribution in [3.8, 4) is 0 Å². The number of aliphatic carboxylic acids is 1. The van der Waals surface area contributed by atoms with Crippen LogP contribution in [0.1, 0.15) is 22.3 Å².